The first-order valence-corrected chi connectivity index (χ1v) is 11.1. The van der Waals surface area contributed by atoms with Crippen LogP contribution < -0.4 is 21.4 Å². The fourth-order valence-corrected chi connectivity index (χ4v) is 3.58. The van der Waals surface area contributed by atoms with E-state index in [9.17, 15) is 24.3 Å². The molecule has 1 heterocycles. The number of hydrazine groups is 1. The summed E-state index contributed by atoms with van der Waals surface area (Å²) in [6.07, 6.45) is -1.43. The van der Waals surface area contributed by atoms with Crippen molar-refractivity contribution >= 4 is 47.6 Å². The highest BCUT2D eigenvalue weighted by molar-refractivity contribution is 5.89. The molecule has 2 atom stereocenters. The Kier molecular flexibility index (Phi) is 8.70. The number of rotatable bonds is 12. The SMILES string of the molecule is C[C@@H]1OC(c2ccc(NCC(C=O)NC(=O)O)cc2)=C(c2ccc(NCCC=O)cc2)N1NC(=O)O. The van der Waals surface area contributed by atoms with E-state index in [0.29, 0.717) is 47.5 Å². The maximum atomic E-state index is 11.4. The average Bonchev–Trinajstić information content (AvgIpc) is 3.17. The van der Waals surface area contributed by atoms with Gasteiger partial charge in [0.05, 0.1) is 0 Å². The highest BCUT2D eigenvalue weighted by atomic mass is 16.5. The summed E-state index contributed by atoms with van der Waals surface area (Å²) in [5, 5.41) is 27.8. The number of hydrogen-bond acceptors (Lipinski definition) is 8. The normalized spacial score (nSPS) is 15.5. The van der Waals surface area contributed by atoms with E-state index < -0.39 is 24.5 Å². The molecule has 1 aliphatic rings. The number of ether oxygens (including phenoxy) is 1. The van der Waals surface area contributed by atoms with Crippen molar-refractivity contribution in [2.45, 2.75) is 25.6 Å². The van der Waals surface area contributed by atoms with Crippen LogP contribution in [0.3, 0.4) is 0 Å². The number of carboxylic acid groups (broad SMARTS) is 2. The van der Waals surface area contributed by atoms with E-state index in [1.807, 2.05) is 24.3 Å². The molecule has 0 saturated heterocycles. The Hall–Kier alpha value is -4.74. The number of amides is 2. The summed E-state index contributed by atoms with van der Waals surface area (Å²) >= 11 is 0. The largest absolute Gasteiger partial charge is 0.466 e. The zero-order valence-corrected chi connectivity index (χ0v) is 19.4. The number of anilines is 2. The lowest BCUT2D eigenvalue weighted by atomic mass is 10.1. The van der Waals surface area contributed by atoms with Crippen molar-refractivity contribution in [3.05, 3.63) is 59.7 Å². The van der Waals surface area contributed by atoms with Gasteiger partial charge in [0.2, 0.25) is 0 Å². The lowest BCUT2D eigenvalue weighted by Gasteiger charge is -2.24. The van der Waals surface area contributed by atoms with Gasteiger partial charge in [-0.2, -0.15) is 0 Å². The van der Waals surface area contributed by atoms with Gasteiger partial charge >= 0.3 is 12.2 Å². The Morgan fingerprint density at radius 2 is 1.58 bits per heavy atom. The van der Waals surface area contributed by atoms with E-state index in [2.05, 4.69) is 21.4 Å². The molecule has 0 radical (unpaired) electrons. The Labute approximate surface area is 206 Å². The van der Waals surface area contributed by atoms with Crippen molar-refractivity contribution < 1.29 is 34.1 Å². The Bertz CT molecular complexity index is 1120. The van der Waals surface area contributed by atoms with Crippen LogP contribution >= 0.6 is 0 Å². The summed E-state index contributed by atoms with van der Waals surface area (Å²) < 4.78 is 6.02. The molecule has 2 aromatic rings. The van der Waals surface area contributed by atoms with Crippen LogP contribution in [0, 0.1) is 0 Å². The van der Waals surface area contributed by atoms with Crippen LogP contribution in [0.1, 0.15) is 24.5 Å². The second-order valence-corrected chi connectivity index (χ2v) is 7.79. The minimum atomic E-state index is -1.29. The number of carbonyl (C=O) groups is 4. The molecule has 36 heavy (non-hydrogen) atoms. The van der Waals surface area contributed by atoms with E-state index >= 15 is 0 Å². The average molecular weight is 498 g/mol. The van der Waals surface area contributed by atoms with Crippen molar-refractivity contribution in [3.8, 4) is 0 Å². The van der Waals surface area contributed by atoms with Gasteiger partial charge in [0, 0.05) is 42.0 Å². The summed E-state index contributed by atoms with van der Waals surface area (Å²) in [5.41, 5.74) is 5.75. The smallest absolute Gasteiger partial charge is 0.423 e. The predicted molar refractivity (Wildman–Crippen MR) is 132 cm³/mol. The highest BCUT2D eigenvalue weighted by Gasteiger charge is 2.33. The lowest BCUT2D eigenvalue weighted by Crippen LogP contribution is -2.43. The second-order valence-electron chi connectivity index (χ2n) is 7.79. The molecule has 0 saturated carbocycles. The molecule has 0 bridgehead atoms. The first kappa shape index (κ1) is 25.9. The molecule has 0 fully saturated rings. The summed E-state index contributed by atoms with van der Waals surface area (Å²) in [7, 11) is 0. The van der Waals surface area contributed by atoms with Gasteiger partial charge < -0.3 is 40.5 Å². The summed E-state index contributed by atoms with van der Waals surface area (Å²) in [5.74, 6) is 0.461. The van der Waals surface area contributed by atoms with E-state index in [-0.39, 0.29) is 6.54 Å². The monoisotopic (exact) mass is 497 g/mol. The quantitative estimate of drug-likeness (QED) is 0.189. The maximum absolute atomic E-state index is 11.4. The highest BCUT2D eigenvalue weighted by Crippen LogP contribution is 2.38. The third-order valence-electron chi connectivity index (χ3n) is 5.22. The molecule has 0 aliphatic carbocycles. The van der Waals surface area contributed by atoms with Crippen LogP contribution in [-0.2, 0) is 14.3 Å². The van der Waals surface area contributed by atoms with Crippen LogP contribution in [0.4, 0.5) is 21.0 Å². The van der Waals surface area contributed by atoms with Crippen LogP contribution in [0.5, 0.6) is 0 Å². The number of nitrogens with one attached hydrogen (secondary N) is 4. The Balaban J connectivity index is 1.86. The predicted octanol–water partition coefficient (Wildman–Crippen LogP) is 2.62. The number of hydrogen-bond donors (Lipinski definition) is 6. The first-order valence-electron chi connectivity index (χ1n) is 11.1. The second kappa shape index (κ2) is 12.1. The standard InChI is InChI=1S/C24H27N5O7/c1-15-29(28-24(34)35)21(16-3-7-18(8-4-16)25-11-2-12-30)22(36-15)17-5-9-19(10-6-17)26-13-20(14-31)27-23(32)33/h3-10,12,14-15,20,25-28H,2,11,13H2,1H3,(H,32,33)(H,34,35)/t15-,20?/m0/s1. The molecule has 2 aromatic carbocycles. The van der Waals surface area contributed by atoms with Gasteiger partial charge in [0.1, 0.15) is 24.3 Å². The topological polar surface area (TPSA) is 169 Å². The minimum Gasteiger partial charge on any atom is -0.466 e. The van der Waals surface area contributed by atoms with Gasteiger partial charge in [0.15, 0.2) is 12.0 Å². The number of nitrogens with zero attached hydrogens (tertiary/aromatic N) is 1. The fourth-order valence-electron chi connectivity index (χ4n) is 3.58. The van der Waals surface area contributed by atoms with Crippen LogP contribution in [0.15, 0.2) is 48.5 Å². The van der Waals surface area contributed by atoms with Crippen molar-refractivity contribution in [2.24, 2.45) is 0 Å². The summed E-state index contributed by atoms with van der Waals surface area (Å²) in [4.78, 5) is 43.7. The van der Waals surface area contributed by atoms with E-state index in [0.717, 1.165) is 12.0 Å². The van der Waals surface area contributed by atoms with Crippen LogP contribution in [-0.4, -0.2) is 65.3 Å². The molecule has 0 aromatic heterocycles. The fraction of sp³-hybridized carbons (Fsp3) is 0.250. The van der Waals surface area contributed by atoms with Crippen molar-refractivity contribution in [2.75, 3.05) is 23.7 Å². The van der Waals surface area contributed by atoms with Gasteiger partial charge in [-0.15, -0.1) is 0 Å². The molecule has 1 aliphatic heterocycles. The number of benzene rings is 2. The first-order chi connectivity index (χ1) is 17.3. The molecule has 0 spiro atoms. The molecule has 2 amide bonds. The number of aldehydes is 2. The molecular formula is C24H27N5O7. The number of carbonyl (C=O) groups excluding carboxylic acids is 2. The third-order valence-corrected chi connectivity index (χ3v) is 5.22. The zero-order valence-electron chi connectivity index (χ0n) is 19.4. The van der Waals surface area contributed by atoms with Crippen molar-refractivity contribution in [1.29, 1.82) is 0 Å². The molecular weight excluding hydrogens is 470 g/mol. The Morgan fingerprint density at radius 3 is 2.14 bits per heavy atom. The molecule has 12 nitrogen and oxygen atoms in total. The lowest BCUT2D eigenvalue weighted by molar-refractivity contribution is -0.109. The van der Waals surface area contributed by atoms with E-state index in [1.54, 1.807) is 31.2 Å². The van der Waals surface area contributed by atoms with Crippen molar-refractivity contribution in [3.63, 3.8) is 0 Å². The van der Waals surface area contributed by atoms with E-state index in [4.69, 9.17) is 9.84 Å². The van der Waals surface area contributed by atoms with Gasteiger partial charge in [-0.3, -0.25) is 0 Å². The molecule has 1 unspecified atom stereocenters. The maximum Gasteiger partial charge on any atom is 0.423 e. The minimum absolute atomic E-state index is 0.0696. The molecule has 12 heteroatoms. The Morgan fingerprint density at radius 1 is 0.972 bits per heavy atom. The summed E-state index contributed by atoms with van der Waals surface area (Å²) in [6.45, 7) is 2.29. The van der Waals surface area contributed by atoms with E-state index in [1.165, 1.54) is 5.01 Å². The third kappa shape index (κ3) is 6.65. The molecule has 3 rings (SSSR count). The van der Waals surface area contributed by atoms with Crippen LogP contribution in [0.2, 0.25) is 0 Å². The molecule has 6 N–H and O–H groups in total. The van der Waals surface area contributed by atoms with Gasteiger partial charge in [-0.1, -0.05) is 12.1 Å². The van der Waals surface area contributed by atoms with Gasteiger partial charge in [-0.05, 0) is 43.3 Å². The summed E-state index contributed by atoms with van der Waals surface area (Å²) in [6, 6.07) is 13.4. The van der Waals surface area contributed by atoms with Gasteiger partial charge in [-0.25, -0.2) is 20.0 Å². The van der Waals surface area contributed by atoms with Crippen LogP contribution in [0.25, 0.3) is 11.5 Å². The molecule has 190 valence electrons. The zero-order chi connectivity index (χ0) is 26.1. The van der Waals surface area contributed by atoms with Gasteiger partial charge in [0.25, 0.3) is 0 Å². The van der Waals surface area contributed by atoms with Crippen molar-refractivity contribution in [1.82, 2.24) is 15.8 Å².